The maximum Gasteiger partial charge on any atom is 0.414 e. The number of nitrogens with one attached hydrogen (secondary N) is 1. The number of hydrogen-bond acceptors (Lipinski definition) is 7. The topological polar surface area (TPSA) is 88.2 Å². The number of ether oxygens (including phenoxy) is 2. The first kappa shape index (κ1) is 24.3. The van der Waals surface area contributed by atoms with Gasteiger partial charge in [-0.2, -0.15) is 0 Å². The van der Waals surface area contributed by atoms with Crippen molar-refractivity contribution in [3.05, 3.63) is 45.6 Å². The molecule has 10 heteroatoms. The molecule has 0 bridgehead atoms. The molecular weight excluding hydrogens is 478 g/mol. The van der Waals surface area contributed by atoms with Crippen molar-refractivity contribution < 1.29 is 23.9 Å². The molecule has 0 saturated carbocycles. The Morgan fingerprint density at radius 3 is 2.53 bits per heavy atom. The zero-order chi connectivity index (χ0) is 24.5. The van der Waals surface area contributed by atoms with E-state index >= 15 is 0 Å². The smallest absolute Gasteiger partial charge is 0.414 e. The molecule has 2 aliphatic rings. The highest BCUT2D eigenvalue weighted by atomic mass is 35.5. The van der Waals surface area contributed by atoms with Gasteiger partial charge in [0, 0.05) is 17.9 Å². The summed E-state index contributed by atoms with van der Waals surface area (Å²) in [5.74, 6) is -0.465. The number of thiophene rings is 1. The van der Waals surface area contributed by atoms with E-state index in [-0.39, 0.29) is 24.5 Å². The van der Waals surface area contributed by atoms with Crippen LogP contribution in [0.2, 0.25) is 4.34 Å². The average molecular weight is 506 g/mol. The van der Waals surface area contributed by atoms with Gasteiger partial charge in [-0.1, -0.05) is 11.6 Å². The van der Waals surface area contributed by atoms with Crippen molar-refractivity contribution in [3.8, 4) is 0 Å². The molecular formula is C24H28ClN3O5S. The fraction of sp³-hybridized carbons (Fsp3) is 0.458. The third-order valence-electron chi connectivity index (χ3n) is 5.59. The number of esters is 1. The molecule has 2 saturated heterocycles. The van der Waals surface area contributed by atoms with Crippen LogP contribution in [0.3, 0.4) is 0 Å². The quantitative estimate of drug-likeness (QED) is 0.583. The zero-order valence-corrected chi connectivity index (χ0v) is 20.9. The number of rotatable bonds is 6. The van der Waals surface area contributed by atoms with Gasteiger partial charge < -0.3 is 19.7 Å². The molecule has 182 valence electrons. The van der Waals surface area contributed by atoms with Gasteiger partial charge in [-0.05, 0) is 70.0 Å². The lowest BCUT2D eigenvalue weighted by atomic mass is 10.1. The van der Waals surface area contributed by atoms with Crippen molar-refractivity contribution >= 4 is 52.3 Å². The second kappa shape index (κ2) is 9.84. The summed E-state index contributed by atoms with van der Waals surface area (Å²) in [7, 11) is 0. The van der Waals surface area contributed by atoms with Crippen LogP contribution in [0.15, 0.2) is 36.4 Å². The summed E-state index contributed by atoms with van der Waals surface area (Å²) in [4.78, 5) is 41.4. The molecule has 0 radical (unpaired) electrons. The minimum atomic E-state index is -0.530. The molecule has 2 atom stereocenters. The van der Waals surface area contributed by atoms with Crippen LogP contribution in [0.25, 0.3) is 0 Å². The zero-order valence-electron chi connectivity index (χ0n) is 19.4. The molecule has 3 heterocycles. The number of hydrogen-bond donors (Lipinski definition) is 1. The van der Waals surface area contributed by atoms with Crippen LogP contribution in [-0.2, 0) is 14.3 Å². The number of carbonyl (C=O) groups excluding carboxylic acids is 3. The highest BCUT2D eigenvalue weighted by Gasteiger charge is 2.35. The van der Waals surface area contributed by atoms with Crippen molar-refractivity contribution in [2.75, 3.05) is 29.4 Å². The fourth-order valence-electron chi connectivity index (χ4n) is 4.08. The number of benzene rings is 1. The predicted molar refractivity (Wildman–Crippen MR) is 132 cm³/mol. The second-order valence-electron chi connectivity index (χ2n) is 9.33. The molecule has 2 amide bonds. The molecule has 0 aliphatic carbocycles. The normalized spacial score (nSPS) is 20.4. The van der Waals surface area contributed by atoms with Crippen molar-refractivity contribution in [2.45, 2.75) is 51.4 Å². The van der Waals surface area contributed by atoms with E-state index in [0.29, 0.717) is 21.4 Å². The van der Waals surface area contributed by atoms with Crippen LogP contribution in [0.5, 0.6) is 0 Å². The summed E-state index contributed by atoms with van der Waals surface area (Å²) < 4.78 is 11.6. The van der Waals surface area contributed by atoms with Gasteiger partial charge in [0.05, 0.1) is 22.3 Å². The molecule has 1 unspecified atom stereocenters. The van der Waals surface area contributed by atoms with Crippen LogP contribution < -0.4 is 15.1 Å². The maximum atomic E-state index is 12.6. The van der Waals surface area contributed by atoms with Gasteiger partial charge in [-0.15, -0.1) is 11.3 Å². The molecule has 2 aliphatic heterocycles. The van der Waals surface area contributed by atoms with Gasteiger partial charge >= 0.3 is 12.1 Å². The lowest BCUT2D eigenvalue weighted by Gasteiger charge is -2.29. The summed E-state index contributed by atoms with van der Waals surface area (Å²) in [6.07, 6.45) is 0.746. The van der Waals surface area contributed by atoms with E-state index in [1.165, 1.54) is 16.2 Å². The van der Waals surface area contributed by atoms with Gasteiger partial charge in [0.25, 0.3) is 5.91 Å². The highest BCUT2D eigenvalue weighted by molar-refractivity contribution is 7.18. The Balaban J connectivity index is 1.35. The summed E-state index contributed by atoms with van der Waals surface area (Å²) in [5, 5.41) is 2.78. The minimum Gasteiger partial charge on any atom is -0.458 e. The number of anilines is 2. The Hall–Kier alpha value is -2.78. The molecule has 34 heavy (non-hydrogen) atoms. The van der Waals surface area contributed by atoms with Crippen molar-refractivity contribution in [1.29, 1.82) is 0 Å². The summed E-state index contributed by atoms with van der Waals surface area (Å²) in [6.45, 7) is 6.90. The summed E-state index contributed by atoms with van der Waals surface area (Å²) in [6, 6.07) is 10.5. The van der Waals surface area contributed by atoms with E-state index in [4.69, 9.17) is 21.1 Å². The van der Waals surface area contributed by atoms with E-state index in [9.17, 15) is 14.4 Å². The van der Waals surface area contributed by atoms with Crippen LogP contribution >= 0.6 is 22.9 Å². The first-order valence-electron chi connectivity index (χ1n) is 11.2. The first-order valence-corrected chi connectivity index (χ1v) is 12.4. The fourth-order valence-corrected chi connectivity index (χ4v) is 5.04. The number of halogens is 1. The van der Waals surface area contributed by atoms with Gasteiger partial charge in [-0.25, -0.2) is 9.59 Å². The van der Waals surface area contributed by atoms with Crippen molar-refractivity contribution in [2.24, 2.45) is 0 Å². The Kier molecular flexibility index (Phi) is 7.04. The van der Waals surface area contributed by atoms with E-state index < -0.39 is 17.8 Å². The largest absolute Gasteiger partial charge is 0.458 e. The Morgan fingerprint density at radius 2 is 1.88 bits per heavy atom. The highest BCUT2D eigenvalue weighted by Crippen LogP contribution is 2.30. The second-order valence-corrected chi connectivity index (χ2v) is 11.0. The number of amides is 2. The van der Waals surface area contributed by atoms with E-state index in [2.05, 4.69) is 10.2 Å². The Bertz CT molecular complexity index is 1070. The van der Waals surface area contributed by atoms with Crippen LogP contribution in [0.4, 0.5) is 16.2 Å². The third-order valence-corrected chi connectivity index (χ3v) is 6.82. The van der Waals surface area contributed by atoms with Gasteiger partial charge in [0.15, 0.2) is 0 Å². The Morgan fingerprint density at radius 1 is 1.18 bits per heavy atom. The monoisotopic (exact) mass is 505 g/mol. The van der Waals surface area contributed by atoms with E-state index in [0.717, 1.165) is 25.1 Å². The van der Waals surface area contributed by atoms with Crippen LogP contribution in [0, 0.1) is 0 Å². The lowest BCUT2D eigenvalue weighted by Crippen LogP contribution is -2.40. The number of nitrogens with zero attached hydrogens (tertiary/aromatic N) is 2. The SMILES string of the molecule is CC(C)(C)OC(=O)[C@@H]1CCCN1c1ccc(N2CC(CNC(=O)c3ccc(Cl)s3)OC2=O)cc1. The maximum absolute atomic E-state index is 12.6. The molecule has 0 spiro atoms. The van der Waals surface area contributed by atoms with Crippen LogP contribution in [-0.4, -0.2) is 55.4 Å². The van der Waals surface area contributed by atoms with E-state index in [1.54, 1.807) is 12.1 Å². The lowest BCUT2D eigenvalue weighted by molar-refractivity contribution is -0.156. The average Bonchev–Trinajstić information content (AvgIpc) is 3.51. The van der Waals surface area contributed by atoms with Gasteiger partial charge in [-0.3, -0.25) is 9.69 Å². The standard InChI is InChI=1S/C24H28ClN3O5S/c1-24(2,3)33-22(30)18-5-4-12-27(18)15-6-8-16(9-7-15)28-14-17(32-23(28)31)13-26-21(29)19-10-11-20(25)34-19/h6-11,17-18H,4-5,12-14H2,1-3H3,(H,26,29)/t17?,18-/m0/s1. The molecule has 4 rings (SSSR count). The van der Waals surface area contributed by atoms with Gasteiger partial charge in [0.1, 0.15) is 17.7 Å². The predicted octanol–water partition coefficient (Wildman–Crippen LogP) is 4.47. The van der Waals surface area contributed by atoms with Crippen LogP contribution in [0.1, 0.15) is 43.3 Å². The summed E-state index contributed by atoms with van der Waals surface area (Å²) in [5.41, 5.74) is 1.07. The third kappa shape index (κ3) is 5.64. The molecule has 1 N–H and O–H groups in total. The molecule has 1 aromatic carbocycles. The number of cyclic esters (lactones) is 1. The van der Waals surface area contributed by atoms with E-state index in [1.807, 2.05) is 45.0 Å². The van der Waals surface area contributed by atoms with Crippen molar-refractivity contribution in [3.63, 3.8) is 0 Å². The molecule has 1 aromatic heterocycles. The molecule has 8 nitrogen and oxygen atoms in total. The molecule has 2 aromatic rings. The molecule has 2 fully saturated rings. The van der Waals surface area contributed by atoms with Crippen molar-refractivity contribution in [1.82, 2.24) is 5.32 Å². The first-order chi connectivity index (χ1) is 16.1. The van der Waals surface area contributed by atoms with Gasteiger partial charge in [0.2, 0.25) is 0 Å². The number of carbonyl (C=O) groups is 3. The Labute approximate surface area is 207 Å². The summed E-state index contributed by atoms with van der Waals surface area (Å²) >= 11 is 7.07. The minimum absolute atomic E-state index is 0.208.